The number of aryl methyl sites for hydroxylation is 1. The van der Waals surface area contributed by atoms with Crippen LogP contribution in [-0.2, 0) is 13.1 Å². The molecule has 0 aliphatic heterocycles. The monoisotopic (exact) mass is 277 g/mol. The summed E-state index contributed by atoms with van der Waals surface area (Å²) in [6.07, 6.45) is 3.53. The van der Waals surface area contributed by atoms with Crippen LogP contribution < -0.4 is 15.2 Å². The molecule has 110 valence electrons. The van der Waals surface area contributed by atoms with E-state index in [1.54, 1.807) is 14.2 Å². The van der Waals surface area contributed by atoms with E-state index in [4.69, 9.17) is 15.2 Å². The van der Waals surface area contributed by atoms with Gasteiger partial charge in [-0.1, -0.05) is 19.8 Å². The molecular formula is C15H23N3O2. The van der Waals surface area contributed by atoms with Gasteiger partial charge < -0.3 is 19.8 Å². The number of benzene rings is 1. The van der Waals surface area contributed by atoms with Crippen molar-refractivity contribution in [3.63, 3.8) is 0 Å². The Morgan fingerprint density at radius 3 is 2.45 bits per heavy atom. The van der Waals surface area contributed by atoms with E-state index in [1.165, 1.54) is 12.8 Å². The van der Waals surface area contributed by atoms with Crippen molar-refractivity contribution in [2.75, 3.05) is 14.2 Å². The molecule has 0 aliphatic rings. The number of unbranched alkanes of at least 4 members (excludes halogenated alkanes) is 2. The number of ether oxygens (including phenoxy) is 2. The van der Waals surface area contributed by atoms with Gasteiger partial charge in [0.2, 0.25) is 0 Å². The first-order valence-electron chi connectivity index (χ1n) is 7.06. The van der Waals surface area contributed by atoms with Gasteiger partial charge in [0.15, 0.2) is 11.5 Å². The molecule has 0 radical (unpaired) electrons. The minimum atomic E-state index is 0.436. The van der Waals surface area contributed by atoms with Crippen molar-refractivity contribution >= 4 is 11.0 Å². The molecule has 0 fully saturated rings. The average Bonchev–Trinajstić information content (AvgIpc) is 2.83. The van der Waals surface area contributed by atoms with Gasteiger partial charge >= 0.3 is 0 Å². The number of hydrogen-bond donors (Lipinski definition) is 1. The molecule has 0 aliphatic carbocycles. The summed E-state index contributed by atoms with van der Waals surface area (Å²) >= 11 is 0. The highest BCUT2D eigenvalue weighted by Gasteiger charge is 2.14. The number of methoxy groups -OCH3 is 2. The fourth-order valence-electron chi connectivity index (χ4n) is 2.43. The molecule has 0 amide bonds. The Morgan fingerprint density at radius 1 is 1.15 bits per heavy atom. The van der Waals surface area contributed by atoms with Crippen molar-refractivity contribution in [2.45, 2.75) is 39.3 Å². The summed E-state index contributed by atoms with van der Waals surface area (Å²) in [6, 6.07) is 3.88. The van der Waals surface area contributed by atoms with Gasteiger partial charge in [-0.05, 0) is 6.42 Å². The molecule has 20 heavy (non-hydrogen) atoms. The minimum Gasteiger partial charge on any atom is -0.493 e. The first kappa shape index (κ1) is 14.7. The molecule has 5 nitrogen and oxygen atoms in total. The quantitative estimate of drug-likeness (QED) is 0.790. The topological polar surface area (TPSA) is 62.3 Å². The summed E-state index contributed by atoms with van der Waals surface area (Å²) in [5.74, 6) is 2.33. The van der Waals surface area contributed by atoms with Crippen LogP contribution in [0.15, 0.2) is 12.1 Å². The number of hydrogen-bond acceptors (Lipinski definition) is 4. The molecule has 1 aromatic carbocycles. The average molecular weight is 277 g/mol. The molecule has 1 aromatic heterocycles. The van der Waals surface area contributed by atoms with Crippen molar-refractivity contribution in [1.82, 2.24) is 9.55 Å². The first-order chi connectivity index (χ1) is 9.74. The smallest absolute Gasteiger partial charge is 0.163 e. The third kappa shape index (κ3) is 2.72. The molecule has 0 unspecified atom stereocenters. The van der Waals surface area contributed by atoms with Crippen LogP contribution in [0, 0.1) is 0 Å². The van der Waals surface area contributed by atoms with Crippen LogP contribution in [0.1, 0.15) is 32.0 Å². The van der Waals surface area contributed by atoms with Crippen molar-refractivity contribution in [3.8, 4) is 11.5 Å². The highest BCUT2D eigenvalue weighted by molar-refractivity contribution is 5.80. The van der Waals surface area contributed by atoms with Crippen LogP contribution >= 0.6 is 0 Å². The van der Waals surface area contributed by atoms with E-state index in [0.717, 1.165) is 35.6 Å². The van der Waals surface area contributed by atoms with E-state index < -0.39 is 0 Å². The molecule has 5 heteroatoms. The third-order valence-corrected chi connectivity index (χ3v) is 3.50. The van der Waals surface area contributed by atoms with E-state index >= 15 is 0 Å². The first-order valence-corrected chi connectivity index (χ1v) is 7.06. The van der Waals surface area contributed by atoms with Crippen LogP contribution in [-0.4, -0.2) is 23.8 Å². The highest BCUT2D eigenvalue weighted by Crippen LogP contribution is 2.32. The van der Waals surface area contributed by atoms with Crippen molar-refractivity contribution in [2.24, 2.45) is 5.73 Å². The van der Waals surface area contributed by atoms with Crippen LogP contribution in [0.4, 0.5) is 0 Å². The number of rotatable bonds is 7. The summed E-state index contributed by atoms with van der Waals surface area (Å²) in [5, 5.41) is 0. The lowest BCUT2D eigenvalue weighted by Gasteiger charge is -2.10. The maximum absolute atomic E-state index is 5.81. The zero-order valence-electron chi connectivity index (χ0n) is 12.5. The second-order valence-corrected chi connectivity index (χ2v) is 4.79. The van der Waals surface area contributed by atoms with E-state index in [9.17, 15) is 0 Å². The van der Waals surface area contributed by atoms with E-state index in [0.29, 0.717) is 12.3 Å². The summed E-state index contributed by atoms with van der Waals surface area (Å²) in [7, 11) is 3.27. The highest BCUT2D eigenvalue weighted by atomic mass is 16.5. The maximum Gasteiger partial charge on any atom is 0.163 e. The zero-order chi connectivity index (χ0) is 14.5. The Bertz CT molecular complexity index is 578. The lowest BCUT2D eigenvalue weighted by Crippen LogP contribution is -2.08. The molecule has 1 heterocycles. The molecule has 2 N–H and O–H groups in total. The largest absolute Gasteiger partial charge is 0.493 e. The van der Waals surface area contributed by atoms with Gasteiger partial charge in [0.05, 0.1) is 31.8 Å². The van der Waals surface area contributed by atoms with Gasteiger partial charge in [0.1, 0.15) is 5.82 Å². The standard InChI is InChI=1S/C15H23N3O2/c1-4-5-6-7-18-12-9-14(20-3)13(19-2)8-11(12)17-15(18)10-16/h8-9H,4-7,10,16H2,1-3H3. The Hall–Kier alpha value is -1.75. The zero-order valence-corrected chi connectivity index (χ0v) is 12.5. The summed E-state index contributed by atoms with van der Waals surface area (Å²) in [4.78, 5) is 4.60. The molecule has 2 aromatic rings. The predicted octanol–water partition coefficient (Wildman–Crippen LogP) is 2.70. The number of nitrogens with zero attached hydrogens (tertiary/aromatic N) is 2. The molecule has 0 saturated heterocycles. The lowest BCUT2D eigenvalue weighted by atomic mass is 10.2. The lowest BCUT2D eigenvalue weighted by molar-refractivity contribution is 0.355. The van der Waals surface area contributed by atoms with E-state index in [1.807, 2.05) is 12.1 Å². The van der Waals surface area contributed by atoms with Gasteiger partial charge in [-0.3, -0.25) is 0 Å². The fourth-order valence-corrected chi connectivity index (χ4v) is 2.43. The van der Waals surface area contributed by atoms with E-state index in [2.05, 4.69) is 16.5 Å². The Labute approximate surface area is 119 Å². The Balaban J connectivity index is 2.47. The fraction of sp³-hybridized carbons (Fsp3) is 0.533. The molecular weight excluding hydrogens is 254 g/mol. The Kier molecular flexibility index (Phi) is 4.84. The van der Waals surface area contributed by atoms with Gasteiger partial charge in [-0.15, -0.1) is 0 Å². The molecule has 0 atom stereocenters. The second kappa shape index (κ2) is 6.61. The van der Waals surface area contributed by atoms with Crippen LogP contribution in [0.25, 0.3) is 11.0 Å². The summed E-state index contributed by atoms with van der Waals surface area (Å²) in [6.45, 7) is 3.57. The third-order valence-electron chi connectivity index (χ3n) is 3.50. The van der Waals surface area contributed by atoms with Gasteiger partial charge in [-0.2, -0.15) is 0 Å². The predicted molar refractivity (Wildman–Crippen MR) is 80.3 cm³/mol. The second-order valence-electron chi connectivity index (χ2n) is 4.79. The van der Waals surface area contributed by atoms with Gasteiger partial charge in [0, 0.05) is 18.7 Å². The van der Waals surface area contributed by atoms with Crippen LogP contribution in [0.5, 0.6) is 11.5 Å². The number of aromatic nitrogens is 2. The molecule has 0 spiro atoms. The van der Waals surface area contributed by atoms with E-state index in [-0.39, 0.29) is 0 Å². The van der Waals surface area contributed by atoms with Crippen LogP contribution in [0.3, 0.4) is 0 Å². The van der Waals surface area contributed by atoms with Crippen molar-refractivity contribution in [1.29, 1.82) is 0 Å². The molecule has 0 saturated carbocycles. The minimum absolute atomic E-state index is 0.436. The van der Waals surface area contributed by atoms with Crippen molar-refractivity contribution in [3.05, 3.63) is 18.0 Å². The maximum atomic E-state index is 5.81. The SMILES string of the molecule is CCCCCn1c(CN)nc2cc(OC)c(OC)cc21. The molecule has 0 bridgehead atoms. The number of imidazole rings is 1. The summed E-state index contributed by atoms with van der Waals surface area (Å²) in [5.41, 5.74) is 7.77. The number of fused-ring (bicyclic) bond motifs is 1. The normalized spacial score (nSPS) is 11.0. The number of nitrogens with two attached hydrogens (primary N) is 1. The molecule has 2 rings (SSSR count). The Morgan fingerprint density at radius 2 is 1.85 bits per heavy atom. The van der Waals surface area contributed by atoms with Crippen LogP contribution in [0.2, 0.25) is 0 Å². The van der Waals surface area contributed by atoms with Gasteiger partial charge in [-0.25, -0.2) is 4.98 Å². The van der Waals surface area contributed by atoms with Gasteiger partial charge in [0.25, 0.3) is 0 Å². The summed E-state index contributed by atoms with van der Waals surface area (Å²) < 4.78 is 12.9. The van der Waals surface area contributed by atoms with Crippen molar-refractivity contribution < 1.29 is 9.47 Å².